The Bertz CT molecular complexity index is 3240. The van der Waals surface area contributed by atoms with E-state index in [1.54, 1.807) is 11.1 Å². The molecule has 1 nitrogen and oxygen atoms in total. The first-order chi connectivity index (χ1) is 30.0. The van der Waals surface area contributed by atoms with Crippen molar-refractivity contribution < 1.29 is 0 Å². The lowest BCUT2D eigenvalue weighted by Gasteiger charge is -2.37. The van der Waals surface area contributed by atoms with E-state index in [4.69, 9.17) is 0 Å². The highest BCUT2D eigenvalue weighted by Crippen LogP contribution is 2.66. The molecule has 3 atom stereocenters. The molecule has 0 aromatic heterocycles. The summed E-state index contributed by atoms with van der Waals surface area (Å²) in [5.74, 6) is 1.54. The highest BCUT2D eigenvalue weighted by Gasteiger charge is 2.56. The molecule has 9 aromatic carbocycles. The van der Waals surface area contributed by atoms with Crippen LogP contribution >= 0.6 is 0 Å². The highest BCUT2D eigenvalue weighted by molar-refractivity contribution is 6.13. The molecule has 0 heterocycles. The van der Waals surface area contributed by atoms with Crippen molar-refractivity contribution in [1.82, 2.24) is 0 Å². The van der Waals surface area contributed by atoms with Crippen LogP contribution in [0.25, 0.3) is 66.1 Å². The molecule has 4 aliphatic carbocycles. The molecule has 2 saturated carbocycles. The maximum Gasteiger partial charge on any atom is 0.0465 e. The molecular formula is C60H47N. The first kappa shape index (κ1) is 35.1. The number of hydrogen-bond acceptors (Lipinski definition) is 1. The van der Waals surface area contributed by atoms with Crippen molar-refractivity contribution in [2.45, 2.75) is 50.4 Å². The van der Waals surface area contributed by atoms with E-state index in [-0.39, 0.29) is 10.8 Å². The van der Waals surface area contributed by atoms with Crippen LogP contribution in [0.1, 0.15) is 61.8 Å². The minimum absolute atomic E-state index is 0.0804. The molecule has 0 aliphatic heterocycles. The molecule has 0 saturated heterocycles. The second kappa shape index (κ2) is 12.9. The van der Waals surface area contributed by atoms with Crippen molar-refractivity contribution in [2.75, 3.05) is 4.90 Å². The van der Waals surface area contributed by atoms with Crippen LogP contribution in [0.5, 0.6) is 0 Å². The smallest absolute Gasteiger partial charge is 0.0465 e. The Morgan fingerprint density at radius 3 is 1.72 bits per heavy atom. The number of hydrogen-bond donors (Lipinski definition) is 0. The van der Waals surface area contributed by atoms with Crippen LogP contribution < -0.4 is 4.90 Å². The molecule has 4 aliphatic rings. The van der Waals surface area contributed by atoms with Crippen LogP contribution in [0.4, 0.5) is 17.1 Å². The second-order valence-corrected chi connectivity index (χ2v) is 18.8. The third kappa shape index (κ3) is 4.95. The van der Waals surface area contributed by atoms with Crippen LogP contribution in [-0.4, -0.2) is 0 Å². The minimum atomic E-state index is -0.0804. The van der Waals surface area contributed by atoms with E-state index in [2.05, 4.69) is 207 Å². The van der Waals surface area contributed by atoms with Crippen molar-refractivity contribution in [3.05, 3.63) is 210 Å². The molecule has 0 N–H and O–H groups in total. The molecular weight excluding hydrogens is 735 g/mol. The summed E-state index contributed by atoms with van der Waals surface area (Å²) < 4.78 is 0. The van der Waals surface area contributed by atoms with Crippen molar-refractivity contribution in [1.29, 1.82) is 0 Å². The van der Waals surface area contributed by atoms with Crippen molar-refractivity contribution in [2.24, 2.45) is 11.8 Å². The van der Waals surface area contributed by atoms with Crippen LogP contribution in [0.2, 0.25) is 0 Å². The highest BCUT2D eigenvalue weighted by atomic mass is 15.1. The summed E-state index contributed by atoms with van der Waals surface area (Å²) in [6, 6.07) is 71.3. The van der Waals surface area contributed by atoms with Crippen LogP contribution in [0.3, 0.4) is 0 Å². The van der Waals surface area contributed by atoms with Gasteiger partial charge in [-0.25, -0.2) is 0 Å². The maximum absolute atomic E-state index is 2.58. The van der Waals surface area contributed by atoms with Crippen LogP contribution in [-0.2, 0) is 10.8 Å². The van der Waals surface area contributed by atoms with Gasteiger partial charge in [0.15, 0.2) is 0 Å². The second-order valence-electron chi connectivity index (χ2n) is 18.8. The SMILES string of the molecule is CC1(C)c2ccccc2-c2cccc(-c3ccc(N(c4ccc(-c5cc6ccccc6c6ccccc56)cc4)c4ccc5c(c4)C4(CC6CCC4C6)c4ccccc4-5)cc3)c21. The first-order valence-corrected chi connectivity index (χ1v) is 22.4. The fraction of sp³-hybridized carbons (Fsp3) is 0.167. The molecule has 0 radical (unpaired) electrons. The first-order valence-electron chi connectivity index (χ1n) is 22.4. The molecule has 2 bridgehead atoms. The summed E-state index contributed by atoms with van der Waals surface area (Å²) in [5.41, 5.74) is 20.2. The third-order valence-electron chi connectivity index (χ3n) is 15.5. The van der Waals surface area contributed by atoms with Gasteiger partial charge < -0.3 is 4.90 Å². The average Bonchev–Trinajstić information content (AvgIpc) is 4.06. The van der Waals surface area contributed by atoms with Gasteiger partial charge in [-0.2, -0.15) is 0 Å². The molecule has 9 aromatic rings. The maximum atomic E-state index is 2.58. The summed E-state index contributed by atoms with van der Waals surface area (Å²) in [6.07, 6.45) is 5.35. The Morgan fingerprint density at radius 1 is 0.426 bits per heavy atom. The molecule has 13 rings (SSSR count). The molecule has 1 heteroatoms. The van der Waals surface area contributed by atoms with Gasteiger partial charge in [-0.3, -0.25) is 0 Å². The van der Waals surface area contributed by atoms with Gasteiger partial charge >= 0.3 is 0 Å². The monoisotopic (exact) mass is 781 g/mol. The van der Waals surface area contributed by atoms with E-state index >= 15 is 0 Å². The molecule has 1 spiro atoms. The Kier molecular flexibility index (Phi) is 7.42. The molecule has 2 fully saturated rings. The van der Waals surface area contributed by atoms with Gasteiger partial charge in [0.1, 0.15) is 0 Å². The fourth-order valence-electron chi connectivity index (χ4n) is 12.9. The lowest BCUT2D eigenvalue weighted by molar-refractivity contribution is 0.327. The minimum Gasteiger partial charge on any atom is -0.310 e. The molecule has 3 unspecified atom stereocenters. The van der Waals surface area contributed by atoms with Gasteiger partial charge in [0.25, 0.3) is 0 Å². The summed E-state index contributed by atoms with van der Waals surface area (Å²) in [5, 5.41) is 5.15. The lowest BCUT2D eigenvalue weighted by atomic mass is 9.67. The number of anilines is 3. The summed E-state index contributed by atoms with van der Waals surface area (Å²) in [7, 11) is 0. The van der Waals surface area contributed by atoms with E-state index in [1.165, 1.54) is 114 Å². The summed E-state index contributed by atoms with van der Waals surface area (Å²) >= 11 is 0. The molecule has 292 valence electrons. The predicted octanol–water partition coefficient (Wildman–Crippen LogP) is 16.2. The van der Waals surface area contributed by atoms with Gasteiger partial charge in [-0.1, -0.05) is 166 Å². The third-order valence-corrected chi connectivity index (χ3v) is 15.5. The van der Waals surface area contributed by atoms with E-state index in [9.17, 15) is 0 Å². The van der Waals surface area contributed by atoms with Crippen LogP contribution in [0.15, 0.2) is 188 Å². The van der Waals surface area contributed by atoms with Gasteiger partial charge in [0.05, 0.1) is 0 Å². The quantitative estimate of drug-likeness (QED) is 0.157. The van der Waals surface area contributed by atoms with E-state index in [1.807, 2.05) is 0 Å². The Labute approximate surface area is 359 Å². The zero-order valence-corrected chi connectivity index (χ0v) is 34.8. The van der Waals surface area contributed by atoms with Crippen molar-refractivity contribution in [3.8, 4) is 44.5 Å². The Hall–Kier alpha value is -6.70. The van der Waals surface area contributed by atoms with E-state index in [0.29, 0.717) is 5.92 Å². The zero-order chi connectivity index (χ0) is 40.5. The normalized spacial score (nSPS) is 19.9. The van der Waals surface area contributed by atoms with Crippen molar-refractivity contribution >= 4 is 38.6 Å². The largest absolute Gasteiger partial charge is 0.310 e. The van der Waals surface area contributed by atoms with Crippen molar-refractivity contribution in [3.63, 3.8) is 0 Å². The average molecular weight is 782 g/mol. The van der Waals surface area contributed by atoms with Gasteiger partial charge in [-0.05, 0) is 162 Å². The summed E-state index contributed by atoms with van der Waals surface area (Å²) in [6.45, 7) is 4.77. The van der Waals surface area contributed by atoms with Gasteiger partial charge in [-0.15, -0.1) is 0 Å². The van der Waals surface area contributed by atoms with Gasteiger partial charge in [0, 0.05) is 27.9 Å². The Balaban J connectivity index is 0.957. The topological polar surface area (TPSA) is 3.24 Å². The standard InChI is InChI=1S/C60H47N/c1-59(2)55-20-9-7-17-51(55)53-19-11-18-47(58(53)59)39-23-28-43(29-24-39)61(44-30-25-40(26-31-44)54-35-41-12-3-4-13-46(41)48-14-5-6-15-49(48)54)45-32-33-52-50-16-8-10-21-56(50)60(57(52)36-45)37-38-22-27-42(60)34-38/h3-21,23-26,28-33,35-36,38,42H,22,27,34,37H2,1-2H3. The Morgan fingerprint density at radius 2 is 1.00 bits per heavy atom. The van der Waals surface area contributed by atoms with Gasteiger partial charge in [0.2, 0.25) is 0 Å². The molecule has 0 amide bonds. The number of nitrogens with zero attached hydrogens (tertiary/aromatic N) is 1. The van der Waals surface area contributed by atoms with E-state index < -0.39 is 0 Å². The predicted molar refractivity (Wildman–Crippen MR) is 256 cm³/mol. The zero-order valence-electron chi connectivity index (χ0n) is 34.8. The number of fused-ring (bicyclic) bond motifs is 14. The van der Waals surface area contributed by atoms with E-state index in [0.717, 1.165) is 11.6 Å². The summed E-state index contributed by atoms with van der Waals surface area (Å²) in [4.78, 5) is 2.51. The number of rotatable bonds is 5. The fourth-order valence-corrected chi connectivity index (χ4v) is 12.9. The van der Waals surface area contributed by atoms with Crippen LogP contribution in [0, 0.1) is 11.8 Å². The number of benzene rings is 9. The lowest BCUT2D eigenvalue weighted by Crippen LogP contribution is -2.32. The molecule has 61 heavy (non-hydrogen) atoms.